The normalized spacial score (nSPS) is 34.2. The third kappa shape index (κ3) is 2.74. The number of amides is 1. The molecular weight excluding hydrogens is 204 g/mol. The van der Waals surface area contributed by atoms with Gasteiger partial charge in [0.2, 0.25) is 5.91 Å². The van der Waals surface area contributed by atoms with Crippen LogP contribution in [0.3, 0.4) is 0 Å². The van der Waals surface area contributed by atoms with E-state index in [2.05, 4.69) is 17.6 Å². The van der Waals surface area contributed by atoms with E-state index in [0.29, 0.717) is 12.0 Å². The van der Waals surface area contributed by atoms with Crippen LogP contribution in [0.15, 0.2) is 0 Å². The van der Waals surface area contributed by atoms with Gasteiger partial charge < -0.3 is 15.4 Å². The molecule has 0 bridgehead atoms. The highest BCUT2D eigenvalue weighted by molar-refractivity contribution is 5.81. The molecule has 2 aliphatic heterocycles. The molecule has 16 heavy (non-hydrogen) atoms. The van der Waals surface area contributed by atoms with Gasteiger partial charge in [0.1, 0.15) is 0 Å². The molecule has 0 aromatic rings. The topological polar surface area (TPSA) is 50.4 Å². The van der Waals surface area contributed by atoms with E-state index in [9.17, 15) is 4.79 Å². The summed E-state index contributed by atoms with van der Waals surface area (Å²) in [5, 5.41) is 6.26. The van der Waals surface area contributed by atoms with E-state index in [1.54, 1.807) is 0 Å². The second kappa shape index (κ2) is 5.64. The Morgan fingerprint density at radius 1 is 1.50 bits per heavy atom. The Morgan fingerprint density at radius 3 is 3.06 bits per heavy atom. The molecule has 2 heterocycles. The zero-order valence-electron chi connectivity index (χ0n) is 10.00. The molecule has 0 saturated carbocycles. The van der Waals surface area contributed by atoms with E-state index in [0.717, 1.165) is 45.4 Å². The predicted octanol–water partition coefficient (Wildman–Crippen LogP) is 0.670. The van der Waals surface area contributed by atoms with Crippen LogP contribution in [-0.2, 0) is 9.53 Å². The maximum Gasteiger partial charge on any atom is 0.237 e. The molecule has 0 aromatic heterocycles. The van der Waals surface area contributed by atoms with Gasteiger partial charge in [0.25, 0.3) is 0 Å². The molecule has 2 N–H and O–H groups in total. The lowest BCUT2D eigenvalue weighted by molar-refractivity contribution is -0.123. The third-order valence-electron chi connectivity index (χ3n) is 3.66. The lowest BCUT2D eigenvalue weighted by atomic mass is 9.99. The van der Waals surface area contributed by atoms with Crippen LogP contribution in [0.5, 0.6) is 0 Å². The maximum absolute atomic E-state index is 11.8. The van der Waals surface area contributed by atoms with Crippen molar-refractivity contribution in [1.82, 2.24) is 10.6 Å². The first-order valence-electron chi connectivity index (χ1n) is 6.44. The molecule has 4 heteroatoms. The summed E-state index contributed by atoms with van der Waals surface area (Å²) in [7, 11) is 0. The lowest BCUT2D eigenvalue weighted by Gasteiger charge is -2.18. The zero-order valence-corrected chi connectivity index (χ0v) is 10.00. The monoisotopic (exact) mass is 226 g/mol. The van der Waals surface area contributed by atoms with Crippen molar-refractivity contribution < 1.29 is 9.53 Å². The van der Waals surface area contributed by atoms with Crippen molar-refractivity contribution in [3.05, 3.63) is 0 Å². The molecule has 2 rings (SSSR count). The molecule has 1 amide bonds. The van der Waals surface area contributed by atoms with Crippen molar-refractivity contribution in [3.63, 3.8) is 0 Å². The fourth-order valence-electron chi connectivity index (χ4n) is 2.64. The van der Waals surface area contributed by atoms with Crippen LogP contribution in [0.1, 0.15) is 32.6 Å². The van der Waals surface area contributed by atoms with E-state index in [1.807, 2.05) is 0 Å². The Kier molecular flexibility index (Phi) is 4.18. The first kappa shape index (κ1) is 11.9. The van der Waals surface area contributed by atoms with Crippen LogP contribution in [0.2, 0.25) is 0 Å². The van der Waals surface area contributed by atoms with Crippen molar-refractivity contribution in [2.45, 2.75) is 44.8 Å². The smallest absolute Gasteiger partial charge is 0.237 e. The van der Waals surface area contributed by atoms with E-state index >= 15 is 0 Å². The summed E-state index contributed by atoms with van der Waals surface area (Å²) in [4.78, 5) is 11.8. The molecule has 0 aromatic carbocycles. The summed E-state index contributed by atoms with van der Waals surface area (Å²) in [6, 6.07) is 0.0439. The molecule has 0 radical (unpaired) electrons. The standard InChI is InChI=1S/C12H22N2O2/c1-2-11-9(5-7-16-11)8-14-12(15)10-4-3-6-13-10/h9-11,13H,2-8H2,1H3,(H,14,15). The SMILES string of the molecule is CCC1OCCC1CNC(=O)C1CCCN1. The minimum atomic E-state index is 0.0439. The van der Waals surface area contributed by atoms with Crippen LogP contribution in [0.25, 0.3) is 0 Å². The van der Waals surface area contributed by atoms with E-state index < -0.39 is 0 Å². The minimum absolute atomic E-state index is 0.0439. The molecule has 3 unspecified atom stereocenters. The van der Waals surface area contributed by atoms with Gasteiger partial charge in [-0.25, -0.2) is 0 Å². The number of hydrogen-bond acceptors (Lipinski definition) is 3. The van der Waals surface area contributed by atoms with E-state index in [4.69, 9.17) is 4.74 Å². The average Bonchev–Trinajstić information content (AvgIpc) is 2.96. The van der Waals surface area contributed by atoms with Crippen molar-refractivity contribution in [1.29, 1.82) is 0 Å². The first-order chi connectivity index (χ1) is 7.81. The summed E-state index contributed by atoms with van der Waals surface area (Å²) in [5.74, 6) is 0.676. The van der Waals surface area contributed by atoms with Crippen LogP contribution < -0.4 is 10.6 Å². The van der Waals surface area contributed by atoms with Gasteiger partial charge in [-0.05, 0) is 32.2 Å². The number of carbonyl (C=O) groups excluding carboxylic acids is 1. The zero-order chi connectivity index (χ0) is 11.4. The highest BCUT2D eigenvalue weighted by Crippen LogP contribution is 2.22. The molecule has 2 saturated heterocycles. The van der Waals surface area contributed by atoms with Gasteiger partial charge in [-0.1, -0.05) is 6.92 Å². The van der Waals surface area contributed by atoms with E-state index in [1.165, 1.54) is 0 Å². The fraction of sp³-hybridized carbons (Fsp3) is 0.917. The van der Waals surface area contributed by atoms with Crippen molar-refractivity contribution in [2.75, 3.05) is 19.7 Å². The molecule has 4 nitrogen and oxygen atoms in total. The Morgan fingerprint density at radius 2 is 2.38 bits per heavy atom. The van der Waals surface area contributed by atoms with Crippen molar-refractivity contribution in [2.24, 2.45) is 5.92 Å². The average molecular weight is 226 g/mol. The van der Waals surface area contributed by atoms with Gasteiger partial charge in [-0.2, -0.15) is 0 Å². The van der Waals surface area contributed by atoms with Gasteiger partial charge >= 0.3 is 0 Å². The van der Waals surface area contributed by atoms with Gasteiger partial charge in [0, 0.05) is 19.1 Å². The molecule has 0 spiro atoms. The van der Waals surface area contributed by atoms with Crippen LogP contribution in [0, 0.1) is 5.92 Å². The summed E-state index contributed by atoms with van der Waals surface area (Å²) >= 11 is 0. The van der Waals surface area contributed by atoms with Crippen LogP contribution in [0.4, 0.5) is 0 Å². The highest BCUT2D eigenvalue weighted by atomic mass is 16.5. The second-order valence-electron chi connectivity index (χ2n) is 4.76. The van der Waals surface area contributed by atoms with Gasteiger partial charge in [0.05, 0.1) is 12.1 Å². The number of nitrogens with one attached hydrogen (secondary N) is 2. The van der Waals surface area contributed by atoms with E-state index in [-0.39, 0.29) is 11.9 Å². The van der Waals surface area contributed by atoms with Crippen LogP contribution >= 0.6 is 0 Å². The Hall–Kier alpha value is -0.610. The maximum atomic E-state index is 11.8. The minimum Gasteiger partial charge on any atom is -0.378 e. The Bertz CT molecular complexity index is 239. The number of ether oxygens (including phenoxy) is 1. The van der Waals surface area contributed by atoms with Crippen molar-refractivity contribution in [3.8, 4) is 0 Å². The highest BCUT2D eigenvalue weighted by Gasteiger charge is 2.28. The quantitative estimate of drug-likeness (QED) is 0.741. The fourth-order valence-corrected chi connectivity index (χ4v) is 2.64. The molecular formula is C12H22N2O2. The van der Waals surface area contributed by atoms with Gasteiger partial charge in [-0.15, -0.1) is 0 Å². The van der Waals surface area contributed by atoms with Gasteiger partial charge in [-0.3, -0.25) is 4.79 Å². The third-order valence-corrected chi connectivity index (χ3v) is 3.66. The molecule has 3 atom stereocenters. The Labute approximate surface area is 97.1 Å². The first-order valence-corrected chi connectivity index (χ1v) is 6.44. The summed E-state index contributed by atoms with van der Waals surface area (Å²) in [5.41, 5.74) is 0. The summed E-state index contributed by atoms with van der Waals surface area (Å²) < 4.78 is 5.61. The predicted molar refractivity (Wildman–Crippen MR) is 62.2 cm³/mol. The largest absolute Gasteiger partial charge is 0.378 e. The number of carbonyl (C=O) groups is 1. The molecule has 92 valence electrons. The molecule has 0 aliphatic carbocycles. The number of hydrogen-bond donors (Lipinski definition) is 2. The molecule has 2 fully saturated rings. The lowest BCUT2D eigenvalue weighted by Crippen LogP contribution is -2.43. The van der Waals surface area contributed by atoms with Crippen molar-refractivity contribution >= 4 is 5.91 Å². The van der Waals surface area contributed by atoms with Crippen LogP contribution in [-0.4, -0.2) is 37.7 Å². The molecule has 2 aliphatic rings. The number of rotatable bonds is 4. The van der Waals surface area contributed by atoms with Gasteiger partial charge in [0.15, 0.2) is 0 Å². The summed E-state index contributed by atoms with van der Waals surface area (Å²) in [6.45, 7) is 4.74. The second-order valence-corrected chi connectivity index (χ2v) is 4.76. The Balaban J connectivity index is 1.71. The summed E-state index contributed by atoms with van der Waals surface area (Å²) in [6.07, 6.45) is 4.56.